The lowest BCUT2D eigenvalue weighted by Crippen LogP contribution is -2.53. The fourth-order valence-electron chi connectivity index (χ4n) is 4.20. The number of nitrogens with zero attached hydrogens (tertiary/aromatic N) is 2. The highest BCUT2D eigenvalue weighted by Crippen LogP contribution is 2.52. The molecule has 0 spiro atoms. The van der Waals surface area contributed by atoms with Crippen LogP contribution >= 0.6 is 0 Å². The first-order valence-electron chi connectivity index (χ1n) is 8.14. The molecule has 0 aromatic carbocycles. The summed E-state index contributed by atoms with van der Waals surface area (Å²) < 4.78 is 46.3. The van der Waals surface area contributed by atoms with Crippen molar-refractivity contribution in [1.82, 2.24) is 10.2 Å². The van der Waals surface area contributed by atoms with E-state index in [0.29, 0.717) is 11.8 Å². The maximum absolute atomic E-state index is 12.2. The van der Waals surface area contributed by atoms with Gasteiger partial charge in [-0.15, -0.1) is 23.4 Å². The van der Waals surface area contributed by atoms with E-state index in [1.807, 2.05) is 0 Å². The zero-order valence-corrected chi connectivity index (χ0v) is 12.7. The highest BCUT2D eigenvalue weighted by Gasteiger charge is 2.51. The van der Waals surface area contributed by atoms with Gasteiger partial charge >= 0.3 is 6.36 Å². The van der Waals surface area contributed by atoms with E-state index in [0.717, 1.165) is 38.5 Å². The lowest BCUT2D eigenvalue weighted by atomic mass is 9.57. The number of ether oxygens (including phenoxy) is 1. The van der Waals surface area contributed by atoms with Crippen LogP contribution in [0.3, 0.4) is 0 Å². The number of rotatable bonds is 3. The van der Waals surface area contributed by atoms with Crippen LogP contribution in [-0.2, 0) is 10.2 Å². The number of hydrogen-bond donors (Lipinski definition) is 1. The van der Waals surface area contributed by atoms with Crippen molar-refractivity contribution in [3.05, 3.63) is 11.8 Å². The SMILES string of the molecule is NC12CCC(c3nnc(C4CC(OC(F)(F)F)C4)o3)(CC1)CC2. The molecule has 23 heavy (non-hydrogen) atoms. The Balaban J connectivity index is 1.41. The first kappa shape index (κ1) is 15.4. The van der Waals surface area contributed by atoms with Gasteiger partial charge in [0.05, 0.1) is 6.10 Å². The molecule has 1 aromatic heterocycles. The first-order chi connectivity index (χ1) is 10.8. The van der Waals surface area contributed by atoms with Gasteiger partial charge in [0.1, 0.15) is 0 Å². The maximum Gasteiger partial charge on any atom is 0.522 e. The van der Waals surface area contributed by atoms with Crippen LogP contribution < -0.4 is 5.73 Å². The molecule has 4 aliphatic rings. The molecule has 5 rings (SSSR count). The van der Waals surface area contributed by atoms with Gasteiger partial charge in [-0.1, -0.05) is 0 Å². The summed E-state index contributed by atoms with van der Waals surface area (Å²) >= 11 is 0. The third-order valence-electron chi connectivity index (χ3n) is 5.94. The standard InChI is InChI=1S/C15H20F3N3O2/c16-15(17,18)23-10-7-9(8-10)11-20-21-12(22-11)13-1-4-14(19,5-2-13)6-3-13/h9-10H,1-8,19H2. The minimum absolute atomic E-state index is 0.0271. The van der Waals surface area contributed by atoms with Crippen LogP contribution in [-0.4, -0.2) is 28.2 Å². The van der Waals surface area contributed by atoms with Crippen molar-refractivity contribution in [2.45, 2.75) is 80.7 Å². The highest BCUT2D eigenvalue weighted by atomic mass is 19.4. The van der Waals surface area contributed by atoms with E-state index in [-0.39, 0.29) is 29.7 Å². The molecule has 1 heterocycles. The van der Waals surface area contributed by atoms with Gasteiger partial charge in [-0.05, 0) is 51.4 Å². The molecule has 2 N–H and O–H groups in total. The predicted octanol–water partition coefficient (Wildman–Crippen LogP) is 3.16. The molecule has 2 bridgehead atoms. The second kappa shape index (κ2) is 4.92. The van der Waals surface area contributed by atoms with Gasteiger partial charge in [0.15, 0.2) is 0 Å². The quantitative estimate of drug-likeness (QED) is 0.921. The number of fused-ring (bicyclic) bond motifs is 3. The maximum atomic E-state index is 12.2. The zero-order chi connectivity index (χ0) is 16.3. The van der Waals surface area contributed by atoms with Crippen molar-refractivity contribution in [3.63, 3.8) is 0 Å². The Hall–Kier alpha value is -1.15. The summed E-state index contributed by atoms with van der Waals surface area (Å²) in [6, 6.07) is 0. The minimum Gasteiger partial charge on any atom is -0.424 e. The number of halogens is 3. The second-order valence-corrected chi connectivity index (χ2v) is 7.44. The van der Waals surface area contributed by atoms with E-state index in [4.69, 9.17) is 10.2 Å². The molecule has 0 amide bonds. The third-order valence-corrected chi connectivity index (χ3v) is 5.94. The van der Waals surface area contributed by atoms with Crippen LogP contribution in [0.25, 0.3) is 0 Å². The zero-order valence-electron chi connectivity index (χ0n) is 12.7. The fourth-order valence-corrected chi connectivity index (χ4v) is 4.20. The molecule has 128 valence electrons. The summed E-state index contributed by atoms with van der Waals surface area (Å²) in [4.78, 5) is 0. The van der Waals surface area contributed by atoms with Crippen molar-refractivity contribution in [1.29, 1.82) is 0 Å². The van der Waals surface area contributed by atoms with Crippen LogP contribution in [0.4, 0.5) is 13.2 Å². The summed E-state index contributed by atoms with van der Waals surface area (Å²) in [6.45, 7) is 0. The Morgan fingerprint density at radius 2 is 1.65 bits per heavy atom. The third kappa shape index (κ3) is 2.76. The van der Waals surface area contributed by atoms with Crippen molar-refractivity contribution in [2.75, 3.05) is 0 Å². The van der Waals surface area contributed by atoms with Crippen LogP contribution in [0, 0.1) is 0 Å². The molecule has 4 fully saturated rings. The lowest BCUT2D eigenvalue weighted by Gasteiger charge is -2.49. The molecule has 1 aromatic rings. The minimum atomic E-state index is -4.58. The van der Waals surface area contributed by atoms with Crippen molar-refractivity contribution >= 4 is 0 Å². The average Bonchev–Trinajstić information content (AvgIpc) is 2.93. The van der Waals surface area contributed by atoms with Gasteiger partial charge in [0.2, 0.25) is 11.8 Å². The van der Waals surface area contributed by atoms with Gasteiger partial charge in [0.25, 0.3) is 0 Å². The molecule has 0 aliphatic heterocycles. The molecular formula is C15H20F3N3O2. The Kier molecular flexibility index (Phi) is 3.29. The predicted molar refractivity (Wildman–Crippen MR) is 73.5 cm³/mol. The van der Waals surface area contributed by atoms with E-state index >= 15 is 0 Å². The van der Waals surface area contributed by atoms with Gasteiger partial charge in [-0.2, -0.15) is 0 Å². The molecule has 4 aliphatic carbocycles. The van der Waals surface area contributed by atoms with Crippen LogP contribution in [0.1, 0.15) is 69.1 Å². The summed E-state index contributed by atoms with van der Waals surface area (Å²) in [6.07, 6.45) is 0.950. The number of nitrogens with two attached hydrogens (primary N) is 1. The van der Waals surface area contributed by atoms with Crippen molar-refractivity contribution in [2.24, 2.45) is 5.73 Å². The van der Waals surface area contributed by atoms with E-state index < -0.39 is 12.5 Å². The summed E-state index contributed by atoms with van der Waals surface area (Å²) in [7, 11) is 0. The van der Waals surface area contributed by atoms with Crippen LogP contribution in [0.5, 0.6) is 0 Å². The number of alkyl halides is 3. The van der Waals surface area contributed by atoms with E-state index in [1.54, 1.807) is 0 Å². The molecule has 0 atom stereocenters. The Bertz CT molecular complexity index is 571. The Morgan fingerprint density at radius 1 is 1.04 bits per heavy atom. The normalized spacial score (nSPS) is 40.2. The molecule has 0 unspecified atom stereocenters. The van der Waals surface area contributed by atoms with Gasteiger partial charge < -0.3 is 10.2 Å². The number of hydrogen-bond acceptors (Lipinski definition) is 5. The molecule has 4 saturated carbocycles. The van der Waals surface area contributed by atoms with Crippen LogP contribution in [0.2, 0.25) is 0 Å². The van der Waals surface area contributed by atoms with Crippen LogP contribution in [0.15, 0.2) is 4.42 Å². The largest absolute Gasteiger partial charge is 0.522 e. The van der Waals surface area contributed by atoms with Crippen molar-refractivity contribution < 1.29 is 22.3 Å². The van der Waals surface area contributed by atoms with Gasteiger partial charge in [-0.3, -0.25) is 4.74 Å². The number of aromatic nitrogens is 2. The second-order valence-electron chi connectivity index (χ2n) is 7.44. The van der Waals surface area contributed by atoms with E-state index in [2.05, 4.69) is 14.9 Å². The first-order valence-corrected chi connectivity index (χ1v) is 8.14. The van der Waals surface area contributed by atoms with Gasteiger partial charge in [-0.25, -0.2) is 0 Å². The molecular weight excluding hydrogens is 311 g/mol. The molecule has 0 saturated heterocycles. The molecule has 5 nitrogen and oxygen atoms in total. The highest BCUT2D eigenvalue weighted by molar-refractivity contribution is 5.15. The van der Waals surface area contributed by atoms with E-state index in [1.165, 1.54) is 0 Å². The lowest BCUT2D eigenvalue weighted by molar-refractivity contribution is -0.352. The van der Waals surface area contributed by atoms with Gasteiger partial charge in [0, 0.05) is 16.9 Å². The summed E-state index contributed by atoms with van der Waals surface area (Å²) in [5.41, 5.74) is 6.21. The smallest absolute Gasteiger partial charge is 0.424 e. The fraction of sp³-hybridized carbons (Fsp3) is 0.867. The molecule has 8 heteroatoms. The Labute approximate surface area is 131 Å². The summed E-state index contributed by atoms with van der Waals surface area (Å²) in [5.74, 6) is 0.974. The monoisotopic (exact) mass is 331 g/mol. The average molecular weight is 331 g/mol. The molecule has 0 radical (unpaired) electrons. The van der Waals surface area contributed by atoms with E-state index in [9.17, 15) is 13.2 Å². The Morgan fingerprint density at radius 3 is 2.22 bits per heavy atom. The topological polar surface area (TPSA) is 74.2 Å². The summed E-state index contributed by atoms with van der Waals surface area (Å²) in [5, 5.41) is 8.30. The van der Waals surface area contributed by atoms with Crippen molar-refractivity contribution in [3.8, 4) is 0 Å².